The van der Waals surface area contributed by atoms with Crippen LogP contribution < -0.4 is 5.32 Å². The summed E-state index contributed by atoms with van der Waals surface area (Å²) in [5, 5.41) is 11.1. The van der Waals surface area contributed by atoms with Gasteiger partial charge < -0.3 is 15.2 Å². The largest absolute Gasteiger partial charge is 0.481 e. The van der Waals surface area contributed by atoms with Crippen molar-refractivity contribution in [2.24, 2.45) is 0 Å². The zero-order valence-electron chi connectivity index (χ0n) is 11.7. The fraction of sp³-hybridized carbons (Fsp3) is 0.267. The van der Waals surface area contributed by atoms with E-state index in [0.717, 1.165) is 5.56 Å². The van der Waals surface area contributed by atoms with Gasteiger partial charge in [-0.3, -0.25) is 9.59 Å². The maximum absolute atomic E-state index is 11.4. The lowest BCUT2D eigenvalue weighted by Gasteiger charge is -2.04. The third-order valence-electron chi connectivity index (χ3n) is 2.46. The molecule has 0 heterocycles. The first-order valence-electron chi connectivity index (χ1n) is 6.48. The van der Waals surface area contributed by atoms with Crippen molar-refractivity contribution in [3.63, 3.8) is 0 Å². The van der Waals surface area contributed by atoms with Crippen molar-refractivity contribution in [1.29, 1.82) is 0 Å². The van der Waals surface area contributed by atoms with Gasteiger partial charge in [-0.15, -0.1) is 0 Å². The number of carboxylic acids is 1. The number of rotatable bonds is 7. The Hall–Kier alpha value is -2.63. The minimum Gasteiger partial charge on any atom is -0.481 e. The Morgan fingerprint density at radius 3 is 2.43 bits per heavy atom. The lowest BCUT2D eigenvalue weighted by molar-refractivity contribution is -0.138. The molecule has 0 unspecified atom stereocenters. The number of hydrogen-bond donors (Lipinski definition) is 2. The standard InChI is InChI=1S/C15H17NO5/c1-2-21-15(20)10-5-11-3-6-12(7-4-11)16-13(17)8-9-14(18)19/h3-7,10H,2,8-9H2,1H3,(H,16,17)(H,18,19)/b10-5+. The van der Waals surface area contributed by atoms with E-state index in [1.54, 1.807) is 37.3 Å². The molecule has 6 heteroatoms. The number of ether oxygens (including phenoxy) is 1. The second kappa shape index (κ2) is 8.52. The molecular weight excluding hydrogens is 274 g/mol. The number of nitrogens with one attached hydrogen (secondary N) is 1. The molecule has 21 heavy (non-hydrogen) atoms. The number of amides is 1. The first-order valence-corrected chi connectivity index (χ1v) is 6.48. The van der Waals surface area contributed by atoms with Gasteiger partial charge in [0.05, 0.1) is 13.0 Å². The van der Waals surface area contributed by atoms with Gasteiger partial charge in [-0.05, 0) is 30.7 Å². The molecule has 0 saturated heterocycles. The Kier molecular flexibility index (Phi) is 6.67. The van der Waals surface area contributed by atoms with Crippen LogP contribution in [0.3, 0.4) is 0 Å². The number of benzene rings is 1. The zero-order chi connectivity index (χ0) is 15.7. The predicted octanol–water partition coefficient (Wildman–Crippen LogP) is 2.07. The Bertz CT molecular complexity index is 533. The molecule has 0 aliphatic rings. The van der Waals surface area contributed by atoms with Gasteiger partial charge >= 0.3 is 11.9 Å². The average molecular weight is 291 g/mol. The van der Waals surface area contributed by atoms with Gasteiger partial charge in [0, 0.05) is 18.2 Å². The van der Waals surface area contributed by atoms with Gasteiger partial charge in [-0.2, -0.15) is 0 Å². The maximum Gasteiger partial charge on any atom is 0.330 e. The van der Waals surface area contributed by atoms with E-state index >= 15 is 0 Å². The Balaban J connectivity index is 2.52. The van der Waals surface area contributed by atoms with Gasteiger partial charge in [-0.25, -0.2) is 4.79 Å². The summed E-state index contributed by atoms with van der Waals surface area (Å²) in [6, 6.07) is 6.79. The van der Waals surface area contributed by atoms with E-state index in [4.69, 9.17) is 9.84 Å². The highest BCUT2D eigenvalue weighted by Crippen LogP contribution is 2.11. The van der Waals surface area contributed by atoms with Crippen molar-refractivity contribution in [2.45, 2.75) is 19.8 Å². The normalized spacial score (nSPS) is 10.3. The van der Waals surface area contributed by atoms with E-state index in [1.807, 2.05) is 0 Å². The fourth-order valence-electron chi connectivity index (χ4n) is 1.48. The summed E-state index contributed by atoms with van der Waals surface area (Å²) in [6.45, 7) is 2.05. The monoisotopic (exact) mass is 291 g/mol. The third-order valence-corrected chi connectivity index (χ3v) is 2.46. The zero-order valence-corrected chi connectivity index (χ0v) is 11.7. The number of esters is 1. The molecule has 0 aromatic heterocycles. The minimum atomic E-state index is -1.01. The third kappa shape index (κ3) is 6.91. The Morgan fingerprint density at radius 1 is 1.19 bits per heavy atom. The minimum absolute atomic E-state index is 0.0696. The molecule has 0 aliphatic carbocycles. The molecule has 0 radical (unpaired) electrons. The van der Waals surface area contributed by atoms with Gasteiger partial charge in [0.2, 0.25) is 5.91 Å². The summed E-state index contributed by atoms with van der Waals surface area (Å²) >= 11 is 0. The molecule has 1 aromatic rings. The molecule has 0 saturated carbocycles. The van der Waals surface area contributed by atoms with Crippen LogP contribution >= 0.6 is 0 Å². The van der Waals surface area contributed by atoms with Crippen LogP contribution in [0.15, 0.2) is 30.3 Å². The molecule has 0 fully saturated rings. The second-order valence-corrected chi connectivity index (χ2v) is 4.15. The highest BCUT2D eigenvalue weighted by Gasteiger charge is 2.05. The van der Waals surface area contributed by atoms with Crippen molar-refractivity contribution >= 4 is 29.6 Å². The van der Waals surface area contributed by atoms with Crippen LogP contribution in [0.5, 0.6) is 0 Å². The van der Waals surface area contributed by atoms with E-state index < -0.39 is 11.9 Å². The van der Waals surface area contributed by atoms with Crippen LogP contribution in [0, 0.1) is 0 Å². The van der Waals surface area contributed by atoms with E-state index in [2.05, 4.69) is 5.32 Å². The van der Waals surface area contributed by atoms with E-state index in [-0.39, 0.29) is 18.7 Å². The van der Waals surface area contributed by atoms with Crippen LogP contribution in [0.4, 0.5) is 5.69 Å². The molecule has 0 aliphatic heterocycles. The van der Waals surface area contributed by atoms with Crippen molar-refractivity contribution < 1.29 is 24.2 Å². The van der Waals surface area contributed by atoms with E-state index in [9.17, 15) is 14.4 Å². The van der Waals surface area contributed by atoms with Crippen molar-refractivity contribution in [2.75, 3.05) is 11.9 Å². The molecule has 1 aromatic carbocycles. The van der Waals surface area contributed by atoms with E-state index in [1.165, 1.54) is 6.08 Å². The summed E-state index contributed by atoms with van der Waals surface area (Å²) in [5.74, 6) is -1.78. The summed E-state index contributed by atoms with van der Waals surface area (Å²) in [4.78, 5) is 32.9. The number of aliphatic carboxylic acids is 1. The van der Waals surface area contributed by atoms with Gasteiger partial charge in [0.25, 0.3) is 0 Å². The summed E-state index contributed by atoms with van der Waals surface area (Å²) < 4.78 is 4.76. The second-order valence-electron chi connectivity index (χ2n) is 4.15. The average Bonchev–Trinajstić information content (AvgIpc) is 2.45. The summed E-state index contributed by atoms with van der Waals surface area (Å²) in [7, 11) is 0. The van der Waals surface area contributed by atoms with Crippen LogP contribution in [-0.4, -0.2) is 29.6 Å². The quantitative estimate of drug-likeness (QED) is 0.592. The number of carbonyl (C=O) groups is 3. The highest BCUT2D eigenvalue weighted by molar-refractivity contribution is 5.92. The molecule has 0 atom stereocenters. The van der Waals surface area contributed by atoms with Crippen LogP contribution in [0.1, 0.15) is 25.3 Å². The Labute approximate surface area is 122 Å². The van der Waals surface area contributed by atoms with Crippen molar-refractivity contribution in [3.05, 3.63) is 35.9 Å². The lowest BCUT2D eigenvalue weighted by Crippen LogP contribution is -2.13. The summed E-state index contributed by atoms with van der Waals surface area (Å²) in [6.07, 6.45) is 2.66. The molecule has 6 nitrogen and oxygen atoms in total. The van der Waals surface area contributed by atoms with Crippen molar-refractivity contribution in [1.82, 2.24) is 0 Å². The van der Waals surface area contributed by atoms with Crippen molar-refractivity contribution in [3.8, 4) is 0 Å². The first kappa shape index (κ1) is 16.4. The van der Waals surface area contributed by atoms with Gasteiger partial charge in [-0.1, -0.05) is 12.1 Å². The Morgan fingerprint density at radius 2 is 1.86 bits per heavy atom. The predicted molar refractivity (Wildman–Crippen MR) is 77.6 cm³/mol. The molecular formula is C15H17NO5. The van der Waals surface area contributed by atoms with Crippen LogP contribution in [-0.2, 0) is 19.1 Å². The molecule has 1 amide bonds. The SMILES string of the molecule is CCOC(=O)/C=C/c1ccc(NC(=O)CCC(=O)O)cc1. The molecule has 112 valence electrons. The lowest BCUT2D eigenvalue weighted by atomic mass is 10.2. The fourth-order valence-corrected chi connectivity index (χ4v) is 1.48. The summed E-state index contributed by atoms with van der Waals surface area (Å²) in [5.41, 5.74) is 1.35. The number of hydrogen-bond acceptors (Lipinski definition) is 4. The van der Waals surface area contributed by atoms with Gasteiger partial charge in [0.1, 0.15) is 0 Å². The highest BCUT2D eigenvalue weighted by atomic mass is 16.5. The number of carboxylic acid groups (broad SMARTS) is 1. The van der Waals surface area contributed by atoms with E-state index in [0.29, 0.717) is 12.3 Å². The molecule has 1 rings (SSSR count). The van der Waals surface area contributed by atoms with Gasteiger partial charge in [0.15, 0.2) is 0 Å². The molecule has 0 spiro atoms. The first-order chi connectivity index (χ1) is 10.0. The maximum atomic E-state index is 11.4. The smallest absolute Gasteiger partial charge is 0.330 e. The molecule has 2 N–H and O–H groups in total. The number of anilines is 1. The van der Waals surface area contributed by atoms with Crippen LogP contribution in [0.25, 0.3) is 6.08 Å². The van der Waals surface area contributed by atoms with Crippen LogP contribution in [0.2, 0.25) is 0 Å². The number of carbonyl (C=O) groups excluding carboxylic acids is 2. The topological polar surface area (TPSA) is 92.7 Å². The molecule has 0 bridgehead atoms.